The maximum Gasteiger partial charge on any atom is 0.469 e. The van der Waals surface area contributed by atoms with Crippen LogP contribution in [0, 0.1) is 0 Å². The zero-order valence-electron chi connectivity index (χ0n) is 18.7. The van der Waals surface area contributed by atoms with Crippen molar-refractivity contribution in [1.29, 1.82) is 0 Å². The second kappa shape index (κ2) is 15.3. The first-order valence-corrected chi connectivity index (χ1v) is 12.6. The van der Waals surface area contributed by atoms with E-state index < -0.39 is 7.82 Å². The van der Waals surface area contributed by atoms with Crippen LogP contribution in [0.25, 0.3) is 10.8 Å². The number of phosphoric acid groups is 1. The molecule has 2 rings (SSSR count). The van der Waals surface area contributed by atoms with Crippen LogP contribution >= 0.6 is 7.82 Å². The molecule has 0 aromatic heterocycles. The van der Waals surface area contributed by atoms with Crippen molar-refractivity contribution >= 4 is 18.6 Å². The zero-order valence-corrected chi connectivity index (χ0v) is 19.6. The highest BCUT2D eigenvalue weighted by Crippen LogP contribution is 2.35. The molecule has 0 aliphatic carbocycles. The first kappa shape index (κ1) is 26.7. The van der Waals surface area contributed by atoms with E-state index in [-0.39, 0.29) is 19.3 Å². The lowest BCUT2D eigenvalue weighted by molar-refractivity contribution is -0.00934. The molecule has 0 radical (unpaired) electrons. The number of ether oxygens (including phenoxy) is 4. The van der Waals surface area contributed by atoms with Gasteiger partial charge in [-0.25, -0.2) is 4.57 Å². The van der Waals surface area contributed by atoms with Gasteiger partial charge in [0.25, 0.3) is 0 Å². The Bertz CT molecular complexity index is 804. The maximum atomic E-state index is 10.5. The molecule has 0 saturated carbocycles. The number of hydrogen-bond donors (Lipinski definition) is 2. The molecular weight excluding hydrogens is 435 g/mol. The minimum absolute atomic E-state index is 0.0234. The quantitative estimate of drug-likeness (QED) is 0.245. The highest BCUT2D eigenvalue weighted by atomic mass is 31.2. The van der Waals surface area contributed by atoms with Crippen LogP contribution < -0.4 is 4.74 Å². The minimum atomic E-state index is -4.43. The van der Waals surface area contributed by atoms with Crippen molar-refractivity contribution in [2.75, 3.05) is 46.2 Å². The molecule has 32 heavy (non-hydrogen) atoms. The lowest BCUT2D eigenvalue weighted by atomic mass is 10.1. The molecule has 8 nitrogen and oxygen atoms in total. The topological polar surface area (TPSA) is 104 Å². The maximum absolute atomic E-state index is 10.5. The van der Waals surface area contributed by atoms with Gasteiger partial charge in [-0.15, -0.1) is 0 Å². The molecule has 2 aromatic carbocycles. The van der Waals surface area contributed by atoms with Crippen LogP contribution in [0.4, 0.5) is 0 Å². The Labute approximate surface area is 190 Å². The summed E-state index contributed by atoms with van der Waals surface area (Å²) in [6.07, 6.45) is 4.32. The predicted octanol–water partition coefficient (Wildman–Crippen LogP) is 4.33. The number of benzene rings is 2. The predicted molar refractivity (Wildman–Crippen MR) is 123 cm³/mol. The van der Waals surface area contributed by atoms with Crippen molar-refractivity contribution in [2.24, 2.45) is 0 Å². The van der Waals surface area contributed by atoms with Gasteiger partial charge in [-0.2, -0.15) is 0 Å². The molecule has 180 valence electrons. The van der Waals surface area contributed by atoms with Crippen LogP contribution in [-0.2, 0) is 23.3 Å². The summed E-state index contributed by atoms with van der Waals surface area (Å²) < 4.78 is 37.6. The van der Waals surface area contributed by atoms with Gasteiger partial charge in [0.2, 0.25) is 0 Å². The first-order chi connectivity index (χ1) is 15.5. The normalized spacial score (nSPS) is 12.8. The summed E-state index contributed by atoms with van der Waals surface area (Å²) in [4.78, 5) is 17.1. The van der Waals surface area contributed by atoms with Gasteiger partial charge in [0.1, 0.15) is 11.9 Å². The number of phosphoric ester groups is 1. The lowest BCUT2D eigenvalue weighted by Gasteiger charge is -2.20. The summed E-state index contributed by atoms with van der Waals surface area (Å²) in [5, 5.41) is 2.26. The van der Waals surface area contributed by atoms with E-state index in [1.54, 1.807) is 0 Å². The molecule has 0 heterocycles. The van der Waals surface area contributed by atoms with Gasteiger partial charge >= 0.3 is 7.82 Å². The summed E-state index contributed by atoms with van der Waals surface area (Å²) in [6.45, 7) is 4.16. The summed E-state index contributed by atoms with van der Waals surface area (Å²) in [6, 6.07) is 14.3. The van der Waals surface area contributed by atoms with Crippen molar-refractivity contribution in [1.82, 2.24) is 0 Å². The van der Waals surface area contributed by atoms with E-state index in [9.17, 15) is 4.57 Å². The van der Waals surface area contributed by atoms with Crippen LogP contribution in [0.3, 0.4) is 0 Å². The average Bonchev–Trinajstić information content (AvgIpc) is 2.77. The Kier molecular flexibility index (Phi) is 12.8. The summed E-state index contributed by atoms with van der Waals surface area (Å²) >= 11 is 0. The Morgan fingerprint density at radius 2 is 1.50 bits per heavy atom. The van der Waals surface area contributed by atoms with E-state index in [1.807, 2.05) is 24.3 Å². The molecule has 9 heteroatoms. The third-order valence-corrected chi connectivity index (χ3v) is 5.23. The van der Waals surface area contributed by atoms with E-state index in [2.05, 4.69) is 29.6 Å². The van der Waals surface area contributed by atoms with E-state index in [0.717, 1.165) is 42.2 Å². The van der Waals surface area contributed by atoms with Crippen molar-refractivity contribution in [3.8, 4) is 5.75 Å². The van der Waals surface area contributed by atoms with E-state index in [4.69, 9.17) is 28.7 Å². The molecule has 0 saturated heterocycles. The Morgan fingerprint density at radius 1 is 0.844 bits per heavy atom. The average molecular weight is 470 g/mol. The fraction of sp³-hybridized carbons (Fsp3) is 0.565. The standard InChI is InChI=1S/C23H35O8P/c1-2-3-4-10-21(31-23-12-7-9-20-8-5-6-11-22(20)23)19-29-16-15-27-13-14-28-17-18-30-32(24,25)26/h5-9,11-12,21H,2-4,10,13-19H2,1H3,(H2,24,25,26). The molecule has 0 bridgehead atoms. The fourth-order valence-corrected chi connectivity index (χ4v) is 3.46. The van der Waals surface area contributed by atoms with Crippen LogP contribution in [0.2, 0.25) is 0 Å². The number of hydrogen-bond acceptors (Lipinski definition) is 6. The highest BCUT2D eigenvalue weighted by Gasteiger charge is 2.13. The van der Waals surface area contributed by atoms with Crippen LogP contribution in [-0.4, -0.2) is 62.1 Å². The monoisotopic (exact) mass is 470 g/mol. The van der Waals surface area contributed by atoms with E-state index >= 15 is 0 Å². The van der Waals surface area contributed by atoms with Crippen molar-refractivity contribution in [3.63, 3.8) is 0 Å². The number of rotatable bonds is 18. The van der Waals surface area contributed by atoms with Gasteiger partial charge in [-0.1, -0.05) is 56.2 Å². The third-order valence-electron chi connectivity index (χ3n) is 4.71. The van der Waals surface area contributed by atoms with Gasteiger partial charge in [-0.05, 0) is 24.3 Å². The SMILES string of the molecule is CCCCCC(COCCOCCOCCOP(=O)(O)O)Oc1cccc2ccccc12. The Morgan fingerprint density at radius 3 is 2.22 bits per heavy atom. The molecule has 0 spiro atoms. The van der Waals surface area contributed by atoms with Crippen LogP contribution in [0.5, 0.6) is 5.75 Å². The van der Waals surface area contributed by atoms with Gasteiger partial charge in [0.15, 0.2) is 0 Å². The molecule has 0 aliphatic heterocycles. The lowest BCUT2D eigenvalue weighted by Crippen LogP contribution is -2.24. The number of unbranched alkanes of at least 4 members (excludes halogenated alkanes) is 2. The molecule has 0 aliphatic rings. The van der Waals surface area contributed by atoms with E-state index in [0.29, 0.717) is 33.0 Å². The van der Waals surface area contributed by atoms with Gasteiger partial charge in [0, 0.05) is 5.39 Å². The number of fused-ring (bicyclic) bond motifs is 1. The summed E-state index contributed by atoms with van der Waals surface area (Å²) in [5.74, 6) is 0.879. The molecule has 0 fully saturated rings. The largest absolute Gasteiger partial charge is 0.487 e. The molecule has 1 atom stereocenters. The van der Waals surface area contributed by atoms with Crippen molar-refractivity contribution in [3.05, 3.63) is 42.5 Å². The fourth-order valence-electron chi connectivity index (χ4n) is 3.15. The van der Waals surface area contributed by atoms with Gasteiger partial charge < -0.3 is 28.7 Å². The molecule has 2 N–H and O–H groups in total. The summed E-state index contributed by atoms with van der Waals surface area (Å²) in [7, 11) is -4.43. The first-order valence-electron chi connectivity index (χ1n) is 11.1. The Balaban J connectivity index is 1.65. The second-order valence-corrected chi connectivity index (χ2v) is 8.58. The Hall–Kier alpha value is -1.51. The third kappa shape index (κ3) is 11.4. The second-order valence-electron chi connectivity index (χ2n) is 7.34. The minimum Gasteiger partial charge on any atom is -0.487 e. The van der Waals surface area contributed by atoms with Crippen molar-refractivity contribution in [2.45, 2.75) is 38.7 Å². The van der Waals surface area contributed by atoms with E-state index in [1.165, 1.54) is 0 Å². The summed E-state index contributed by atoms with van der Waals surface area (Å²) in [5.41, 5.74) is 0. The van der Waals surface area contributed by atoms with Gasteiger partial charge in [-0.3, -0.25) is 4.52 Å². The van der Waals surface area contributed by atoms with Crippen molar-refractivity contribution < 1.29 is 37.8 Å². The highest BCUT2D eigenvalue weighted by molar-refractivity contribution is 7.46. The molecular formula is C23H35O8P. The van der Waals surface area contributed by atoms with Crippen LogP contribution in [0.15, 0.2) is 42.5 Å². The smallest absolute Gasteiger partial charge is 0.469 e. The zero-order chi connectivity index (χ0) is 23.1. The molecule has 1 unspecified atom stereocenters. The van der Waals surface area contributed by atoms with Crippen LogP contribution in [0.1, 0.15) is 32.6 Å². The van der Waals surface area contributed by atoms with Gasteiger partial charge in [0.05, 0.1) is 46.2 Å². The molecule has 0 amide bonds. The molecule has 2 aromatic rings.